The summed E-state index contributed by atoms with van der Waals surface area (Å²) in [6, 6.07) is 6.77. The van der Waals surface area contributed by atoms with Crippen molar-refractivity contribution in [1.29, 1.82) is 0 Å². The zero-order valence-electron chi connectivity index (χ0n) is 16.0. The van der Waals surface area contributed by atoms with Crippen molar-refractivity contribution in [1.82, 2.24) is 20.0 Å². The van der Waals surface area contributed by atoms with Gasteiger partial charge in [0, 0.05) is 44.4 Å². The number of likely N-dealkylation sites (tertiary alicyclic amines) is 1. The van der Waals surface area contributed by atoms with Gasteiger partial charge in [-0.05, 0) is 25.0 Å². The number of nitrogens with zero attached hydrogens (tertiary/aromatic N) is 4. The Labute approximate surface area is 181 Å². The van der Waals surface area contributed by atoms with E-state index in [9.17, 15) is 8.78 Å². The number of hydrogen-bond donors (Lipinski definition) is 1. The van der Waals surface area contributed by atoms with Crippen molar-refractivity contribution in [2.24, 2.45) is 12.0 Å². The molecule has 2 heterocycles. The minimum atomic E-state index is -2.85. The largest absolute Gasteiger partial charge is 0.434 e. The van der Waals surface area contributed by atoms with Crippen molar-refractivity contribution in [3.8, 4) is 5.75 Å². The van der Waals surface area contributed by atoms with Crippen LogP contribution in [0.4, 0.5) is 8.78 Å². The van der Waals surface area contributed by atoms with Crippen molar-refractivity contribution < 1.29 is 13.5 Å². The maximum atomic E-state index is 12.6. The summed E-state index contributed by atoms with van der Waals surface area (Å²) in [7, 11) is 1.92. The number of aryl methyl sites for hydroxylation is 1. The first-order valence-corrected chi connectivity index (χ1v) is 9.11. The first kappa shape index (κ1) is 22.4. The van der Waals surface area contributed by atoms with Gasteiger partial charge in [-0.25, -0.2) is 4.99 Å². The summed E-state index contributed by atoms with van der Waals surface area (Å²) < 4.78 is 31.6. The van der Waals surface area contributed by atoms with Gasteiger partial charge in [0.15, 0.2) is 5.96 Å². The van der Waals surface area contributed by atoms with Crippen LogP contribution in [-0.2, 0) is 13.6 Å². The normalized spacial score (nSPS) is 17.0. The van der Waals surface area contributed by atoms with Gasteiger partial charge in [0.25, 0.3) is 0 Å². The smallest absolute Gasteiger partial charge is 0.387 e. The lowest BCUT2D eigenvalue weighted by molar-refractivity contribution is -0.0504. The summed E-state index contributed by atoms with van der Waals surface area (Å²) in [5.41, 5.74) is 1.86. The summed E-state index contributed by atoms with van der Waals surface area (Å²) in [5, 5.41) is 7.55. The van der Waals surface area contributed by atoms with Gasteiger partial charge in [-0.15, -0.1) is 24.0 Å². The second-order valence-corrected chi connectivity index (χ2v) is 6.54. The van der Waals surface area contributed by atoms with E-state index in [2.05, 4.69) is 31.2 Å². The quantitative estimate of drug-likeness (QED) is 0.371. The van der Waals surface area contributed by atoms with Gasteiger partial charge < -0.3 is 15.0 Å². The number of guanidine groups is 1. The molecule has 1 aliphatic heterocycles. The van der Waals surface area contributed by atoms with Gasteiger partial charge in [-0.3, -0.25) is 4.68 Å². The van der Waals surface area contributed by atoms with Crippen LogP contribution in [-0.4, -0.2) is 46.9 Å². The Bertz CT molecular complexity index is 783. The predicted molar refractivity (Wildman–Crippen MR) is 115 cm³/mol. The average molecular weight is 505 g/mol. The van der Waals surface area contributed by atoms with Gasteiger partial charge in [-0.2, -0.15) is 13.9 Å². The summed E-state index contributed by atoms with van der Waals surface area (Å²) in [6.07, 6.45) is 4.99. The second kappa shape index (κ2) is 10.6. The summed E-state index contributed by atoms with van der Waals surface area (Å²) in [5.74, 6) is 1.37. The third-order valence-electron chi connectivity index (χ3n) is 4.61. The number of halogens is 3. The number of benzene rings is 1. The molecule has 0 radical (unpaired) electrons. The fraction of sp³-hybridized carbons (Fsp3) is 0.474. The molecule has 0 saturated carbocycles. The SMILES string of the molecule is CCNC(=NCc1ccccc1OC(F)F)N1CCC(c2cnn(C)c2)C1.I. The number of aromatic nitrogens is 2. The second-order valence-electron chi connectivity index (χ2n) is 6.54. The van der Waals surface area contributed by atoms with E-state index in [1.807, 2.05) is 24.9 Å². The highest BCUT2D eigenvalue weighted by Crippen LogP contribution is 2.27. The van der Waals surface area contributed by atoms with E-state index < -0.39 is 6.61 Å². The number of rotatable bonds is 6. The van der Waals surface area contributed by atoms with Gasteiger partial charge in [0.05, 0.1) is 12.7 Å². The molecule has 0 bridgehead atoms. The van der Waals surface area contributed by atoms with Crippen molar-refractivity contribution in [2.75, 3.05) is 19.6 Å². The van der Waals surface area contributed by atoms with Crippen LogP contribution in [0.5, 0.6) is 5.75 Å². The fourth-order valence-corrected chi connectivity index (χ4v) is 3.31. The fourth-order valence-electron chi connectivity index (χ4n) is 3.31. The van der Waals surface area contributed by atoms with Crippen molar-refractivity contribution in [2.45, 2.75) is 32.4 Å². The summed E-state index contributed by atoms with van der Waals surface area (Å²) in [6.45, 7) is 1.93. The molecular weight excluding hydrogens is 479 g/mol. The van der Waals surface area contributed by atoms with E-state index in [0.717, 1.165) is 32.0 Å². The Morgan fingerprint density at radius 2 is 2.18 bits per heavy atom. The van der Waals surface area contributed by atoms with Crippen LogP contribution in [0.25, 0.3) is 0 Å². The molecule has 2 aromatic rings. The van der Waals surface area contributed by atoms with Crippen LogP contribution in [0.3, 0.4) is 0 Å². The molecule has 0 aliphatic carbocycles. The van der Waals surface area contributed by atoms with Crippen LogP contribution in [0.1, 0.15) is 30.4 Å². The molecule has 3 rings (SSSR count). The Hall–Kier alpha value is -1.91. The maximum absolute atomic E-state index is 12.6. The number of alkyl halides is 2. The van der Waals surface area contributed by atoms with Crippen molar-refractivity contribution in [3.63, 3.8) is 0 Å². The molecule has 1 aromatic heterocycles. The molecule has 0 amide bonds. The lowest BCUT2D eigenvalue weighted by Gasteiger charge is -2.21. The zero-order chi connectivity index (χ0) is 19.2. The van der Waals surface area contributed by atoms with Crippen LogP contribution in [0.15, 0.2) is 41.7 Å². The molecule has 6 nitrogen and oxygen atoms in total. The minimum absolute atomic E-state index is 0. The molecule has 1 saturated heterocycles. The highest BCUT2D eigenvalue weighted by atomic mass is 127. The molecular formula is C19H26F2IN5O. The van der Waals surface area contributed by atoms with Gasteiger partial charge in [-0.1, -0.05) is 18.2 Å². The Kier molecular flexibility index (Phi) is 8.46. The van der Waals surface area contributed by atoms with E-state index in [0.29, 0.717) is 11.5 Å². The third-order valence-corrected chi connectivity index (χ3v) is 4.61. The molecule has 9 heteroatoms. The number of aliphatic imine (C=N–C) groups is 1. The number of para-hydroxylation sites is 1. The monoisotopic (exact) mass is 505 g/mol. The average Bonchev–Trinajstić information content (AvgIpc) is 3.28. The van der Waals surface area contributed by atoms with Crippen molar-refractivity contribution >= 4 is 29.9 Å². The van der Waals surface area contributed by atoms with Crippen LogP contribution in [0.2, 0.25) is 0 Å². The Morgan fingerprint density at radius 3 is 2.86 bits per heavy atom. The first-order valence-electron chi connectivity index (χ1n) is 9.11. The van der Waals surface area contributed by atoms with Gasteiger partial charge in [0.1, 0.15) is 5.75 Å². The van der Waals surface area contributed by atoms with E-state index in [1.54, 1.807) is 18.2 Å². The number of hydrogen-bond acceptors (Lipinski definition) is 3. The maximum Gasteiger partial charge on any atom is 0.387 e. The highest BCUT2D eigenvalue weighted by Gasteiger charge is 2.27. The minimum Gasteiger partial charge on any atom is -0.434 e. The van der Waals surface area contributed by atoms with Crippen LogP contribution < -0.4 is 10.1 Å². The molecule has 1 atom stereocenters. The molecule has 1 aromatic carbocycles. The Morgan fingerprint density at radius 1 is 1.39 bits per heavy atom. The molecule has 154 valence electrons. The number of nitrogens with one attached hydrogen (secondary N) is 1. The lowest BCUT2D eigenvalue weighted by atomic mass is 10.0. The number of ether oxygens (including phenoxy) is 1. The van der Waals surface area contributed by atoms with E-state index in [1.165, 1.54) is 11.6 Å². The summed E-state index contributed by atoms with van der Waals surface area (Å²) >= 11 is 0. The van der Waals surface area contributed by atoms with Crippen LogP contribution >= 0.6 is 24.0 Å². The third kappa shape index (κ3) is 5.79. The molecule has 1 fully saturated rings. The zero-order valence-corrected chi connectivity index (χ0v) is 18.3. The molecule has 1 aliphatic rings. The molecule has 28 heavy (non-hydrogen) atoms. The molecule has 1 N–H and O–H groups in total. The molecule has 0 spiro atoms. The summed E-state index contributed by atoms with van der Waals surface area (Å²) in [4.78, 5) is 6.86. The molecule has 1 unspecified atom stereocenters. The van der Waals surface area contributed by atoms with E-state index in [-0.39, 0.29) is 36.3 Å². The lowest BCUT2D eigenvalue weighted by Crippen LogP contribution is -2.40. The van der Waals surface area contributed by atoms with Crippen LogP contribution in [0, 0.1) is 0 Å². The van der Waals surface area contributed by atoms with E-state index in [4.69, 9.17) is 0 Å². The van der Waals surface area contributed by atoms with Crippen molar-refractivity contribution in [3.05, 3.63) is 47.8 Å². The van der Waals surface area contributed by atoms with Gasteiger partial charge >= 0.3 is 6.61 Å². The predicted octanol–water partition coefficient (Wildman–Crippen LogP) is 3.59. The highest BCUT2D eigenvalue weighted by molar-refractivity contribution is 14.0. The first-order chi connectivity index (χ1) is 13.1. The van der Waals surface area contributed by atoms with E-state index >= 15 is 0 Å². The Balaban J connectivity index is 0.00000280. The topological polar surface area (TPSA) is 54.7 Å². The van der Waals surface area contributed by atoms with Gasteiger partial charge in [0.2, 0.25) is 0 Å². The standard InChI is InChI=1S/C19H25F2N5O.HI/c1-3-22-19(23-10-14-6-4-5-7-17(14)27-18(20)21)26-9-8-15(13-26)16-11-24-25(2)12-16;/h4-7,11-12,15,18H,3,8-10,13H2,1-2H3,(H,22,23);1H.